The van der Waals surface area contributed by atoms with Gasteiger partial charge in [0.05, 0.1) is 16.3 Å². The first-order chi connectivity index (χ1) is 10.2. The Balaban J connectivity index is 1.90. The number of nitrogens with two attached hydrogens (primary N) is 1. The average Bonchev–Trinajstić information content (AvgIpc) is 2.90. The second-order valence-corrected chi connectivity index (χ2v) is 6.97. The molecule has 1 aliphatic heterocycles. The van der Waals surface area contributed by atoms with Crippen molar-refractivity contribution in [2.45, 2.75) is 31.8 Å². The van der Waals surface area contributed by atoms with Gasteiger partial charge in [-0.2, -0.15) is 0 Å². The van der Waals surface area contributed by atoms with E-state index in [0.29, 0.717) is 6.04 Å². The van der Waals surface area contributed by atoms with E-state index >= 15 is 0 Å². The largest absolute Gasteiger partial charge is 0.341 e. The average molecular weight is 325 g/mol. The molecule has 6 heteroatoms. The fourth-order valence-electron chi connectivity index (χ4n) is 2.88. The first-order valence-corrected chi connectivity index (χ1v) is 8.67. The molecule has 3 rings (SSSR count). The van der Waals surface area contributed by atoms with Gasteiger partial charge in [-0.05, 0) is 24.6 Å². The highest BCUT2D eigenvalue weighted by Gasteiger charge is 2.29. The zero-order valence-corrected chi connectivity index (χ0v) is 13.8. The quantitative estimate of drug-likeness (QED) is 0.908. The number of nitrogens with one attached hydrogen (secondary N) is 1. The van der Waals surface area contributed by atoms with Crippen LogP contribution < -0.4 is 16.0 Å². The van der Waals surface area contributed by atoms with Crippen LogP contribution in [-0.2, 0) is 0 Å². The Morgan fingerprint density at radius 3 is 3.24 bits per heavy atom. The van der Waals surface area contributed by atoms with Gasteiger partial charge in [-0.15, -0.1) is 0 Å². The van der Waals surface area contributed by atoms with Gasteiger partial charge in [0.15, 0.2) is 5.13 Å². The van der Waals surface area contributed by atoms with Gasteiger partial charge >= 0.3 is 0 Å². The number of fused-ring (bicyclic) bond motifs is 1. The Kier molecular flexibility index (Phi) is 4.64. The lowest BCUT2D eigenvalue weighted by atomic mass is 10.0. The smallest absolute Gasteiger partial charge is 0.186 e. The summed E-state index contributed by atoms with van der Waals surface area (Å²) in [6, 6.07) is 6.36. The van der Waals surface area contributed by atoms with Crippen LogP contribution >= 0.6 is 22.9 Å². The van der Waals surface area contributed by atoms with Crippen molar-refractivity contribution in [2.75, 3.05) is 24.5 Å². The summed E-state index contributed by atoms with van der Waals surface area (Å²) < 4.78 is 1.14. The number of piperazine rings is 1. The summed E-state index contributed by atoms with van der Waals surface area (Å²) in [6.07, 6.45) is 2.15. The molecule has 21 heavy (non-hydrogen) atoms. The van der Waals surface area contributed by atoms with Crippen LogP contribution in [-0.4, -0.2) is 36.7 Å². The van der Waals surface area contributed by atoms with E-state index in [1.807, 2.05) is 18.2 Å². The van der Waals surface area contributed by atoms with Crippen LogP contribution in [0.25, 0.3) is 10.2 Å². The Labute approximate surface area is 134 Å². The summed E-state index contributed by atoms with van der Waals surface area (Å²) in [6.45, 7) is 5.04. The summed E-state index contributed by atoms with van der Waals surface area (Å²) in [7, 11) is 0. The van der Waals surface area contributed by atoms with Crippen LogP contribution in [0.4, 0.5) is 5.13 Å². The van der Waals surface area contributed by atoms with E-state index in [1.165, 1.54) is 0 Å². The van der Waals surface area contributed by atoms with Crippen LogP contribution in [0.3, 0.4) is 0 Å². The molecule has 3 N–H and O–H groups in total. The van der Waals surface area contributed by atoms with Crippen LogP contribution in [0, 0.1) is 0 Å². The van der Waals surface area contributed by atoms with Gasteiger partial charge in [0, 0.05) is 30.7 Å². The lowest BCUT2D eigenvalue weighted by Gasteiger charge is -2.39. The summed E-state index contributed by atoms with van der Waals surface area (Å²) in [5.41, 5.74) is 7.39. The molecular weight excluding hydrogens is 304 g/mol. The van der Waals surface area contributed by atoms with Gasteiger partial charge in [0.1, 0.15) is 0 Å². The third kappa shape index (κ3) is 3.16. The fraction of sp³-hybridized carbons (Fsp3) is 0.533. The Morgan fingerprint density at radius 2 is 2.43 bits per heavy atom. The standard InChI is InChI=1S/C15H21ClN4S/c1-2-3-11(17)13-9-18-6-7-20(13)15-19-12-5-4-10(16)8-14(12)21-15/h4-5,8,11,13,18H,2-3,6-7,9,17H2,1H3/t11?,13-/m0/s1. The number of aromatic nitrogens is 1. The minimum atomic E-state index is 0.179. The predicted molar refractivity (Wildman–Crippen MR) is 91.5 cm³/mol. The molecule has 1 aromatic heterocycles. The van der Waals surface area contributed by atoms with E-state index in [-0.39, 0.29) is 6.04 Å². The highest BCUT2D eigenvalue weighted by atomic mass is 35.5. The highest BCUT2D eigenvalue weighted by molar-refractivity contribution is 7.22. The minimum Gasteiger partial charge on any atom is -0.341 e. The maximum atomic E-state index is 6.38. The maximum absolute atomic E-state index is 6.38. The number of hydrogen-bond acceptors (Lipinski definition) is 5. The van der Waals surface area contributed by atoms with Crippen molar-refractivity contribution in [3.05, 3.63) is 23.2 Å². The Bertz CT molecular complexity index is 615. The van der Waals surface area contributed by atoms with E-state index in [9.17, 15) is 0 Å². The van der Waals surface area contributed by atoms with Crippen molar-refractivity contribution in [1.82, 2.24) is 10.3 Å². The normalized spacial score (nSPS) is 20.9. The summed E-state index contributed by atoms with van der Waals surface area (Å²) >= 11 is 7.77. The molecule has 0 bridgehead atoms. The van der Waals surface area contributed by atoms with Gasteiger partial charge in [-0.1, -0.05) is 36.3 Å². The molecule has 0 spiro atoms. The number of hydrogen-bond donors (Lipinski definition) is 2. The number of benzene rings is 1. The van der Waals surface area contributed by atoms with E-state index in [4.69, 9.17) is 22.3 Å². The number of thiazole rings is 1. The SMILES string of the molecule is CCCC(N)[C@@H]1CNCCN1c1nc2ccc(Cl)cc2s1. The summed E-state index contributed by atoms with van der Waals surface area (Å²) in [5.74, 6) is 0. The third-order valence-electron chi connectivity index (χ3n) is 3.98. The fourth-order valence-corrected chi connectivity index (χ4v) is 4.21. The van der Waals surface area contributed by atoms with Gasteiger partial charge in [0.25, 0.3) is 0 Å². The van der Waals surface area contributed by atoms with Gasteiger partial charge < -0.3 is 16.0 Å². The monoisotopic (exact) mass is 324 g/mol. The summed E-state index contributed by atoms with van der Waals surface area (Å²) in [4.78, 5) is 7.14. The first kappa shape index (κ1) is 15.0. The molecule has 2 heterocycles. The molecule has 0 radical (unpaired) electrons. The molecule has 2 atom stereocenters. The lowest BCUT2D eigenvalue weighted by molar-refractivity contribution is 0.398. The number of halogens is 1. The van der Waals surface area contributed by atoms with Crippen molar-refractivity contribution in [1.29, 1.82) is 0 Å². The van der Waals surface area contributed by atoms with E-state index in [2.05, 4.69) is 17.1 Å². The number of anilines is 1. The van der Waals surface area contributed by atoms with Crippen LogP contribution in [0.2, 0.25) is 5.02 Å². The van der Waals surface area contributed by atoms with Gasteiger partial charge in [-0.25, -0.2) is 4.98 Å². The van der Waals surface area contributed by atoms with Crippen molar-refractivity contribution in [3.63, 3.8) is 0 Å². The summed E-state index contributed by atoms with van der Waals surface area (Å²) in [5, 5.41) is 5.27. The van der Waals surface area contributed by atoms with Crippen molar-refractivity contribution in [3.8, 4) is 0 Å². The minimum absolute atomic E-state index is 0.179. The Hall–Kier alpha value is -0.880. The molecule has 0 aliphatic carbocycles. The molecule has 114 valence electrons. The molecule has 1 unspecified atom stereocenters. The van der Waals surface area contributed by atoms with Crippen LogP contribution in [0.5, 0.6) is 0 Å². The highest BCUT2D eigenvalue weighted by Crippen LogP contribution is 2.32. The van der Waals surface area contributed by atoms with Crippen molar-refractivity contribution in [2.24, 2.45) is 5.73 Å². The number of rotatable bonds is 4. The van der Waals surface area contributed by atoms with E-state index in [0.717, 1.165) is 52.8 Å². The molecule has 1 aromatic carbocycles. The zero-order valence-electron chi connectivity index (χ0n) is 12.2. The topological polar surface area (TPSA) is 54.2 Å². The molecule has 1 fully saturated rings. The van der Waals surface area contributed by atoms with Crippen LogP contribution in [0.1, 0.15) is 19.8 Å². The van der Waals surface area contributed by atoms with Crippen LogP contribution in [0.15, 0.2) is 18.2 Å². The predicted octanol–water partition coefficient (Wildman–Crippen LogP) is 2.86. The molecule has 1 aliphatic rings. The van der Waals surface area contributed by atoms with E-state index in [1.54, 1.807) is 11.3 Å². The van der Waals surface area contributed by atoms with Crippen molar-refractivity contribution < 1.29 is 0 Å². The molecule has 4 nitrogen and oxygen atoms in total. The second-order valence-electron chi connectivity index (χ2n) is 5.53. The third-order valence-corrected chi connectivity index (χ3v) is 5.27. The Morgan fingerprint density at radius 1 is 1.57 bits per heavy atom. The van der Waals surface area contributed by atoms with Crippen molar-refractivity contribution >= 4 is 38.3 Å². The lowest BCUT2D eigenvalue weighted by Crippen LogP contribution is -2.59. The zero-order chi connectivity index (χ0) is 14.8. The van der Waals surface area contributed by atoms with Gasteiger partial charge in [0.2, 0.25) is 0 Å². The maximum Gasteiger partial charge on any atom is 0.186 e. The molecular formula is C15H21ClN4S. The molecule has 1 saturated heterocycles. The van der Waals surface area contributed by atoms with E-state index < -0.39 is 0 Å². The number of nitrogens with zero attached hydrogens (tertiary/aromatic N) is 2. The first-order valence-electron chi connectivity index (χ1n) is 7.48. The molecule has 0 amide bonds. The van der Waals surface area contributed by atoms with Gasteiger partial charge in [-0.3, -0.25) is 0 Å². The second kappa shape index (κ2) is 6.48. The molecule has 0 saturated carbocycles. The molecule has 2 aromatic rings.